The lowest BCUT2D eigenvalue weighted by molar-refractivity contribution is -0.0107. The molecule has 1 saturated heterocycles. The SMILES string of the molecule is CC(C)(C)OC(=O)N1CCN(CCN(CC2=CCC3CC2C3(C)C)C(=O)c2ccccc2Cl)CC1. The van der Waals surface area contributed by atoms with Crippen molar-refractivity contribution in [2.45, 2.75) is 53.1 Å². The summed E-state index contributed by atoms with van der Waals surface area (Å²) < 4.78 is 5.51. The van der Waals surface area contributed by atoms with Crippen LogP contribution in [0.5, 0.6) is 0 Å². The maximum absolute atomic E-state index is 13.6. The van der Waals surface area contributed by atoms with Crippen LogP contribution in [0.3, 0.4) is 0 Å². The van der Waals surface area contributed by atoms with Crippen molar-refractivity contribution >= 4 is 23.6 Å². The normalized spacial score (nSPS) is 23.8. The first-order valence-electron chi connectivity index (χ1n) is 12.9. The molecule has 0 spiro atoms. The van der Waals surface area contributed by atoms with Crippen LogP contribution in [-0.4, -0.2) is 78.1 Å². The molecule has 1 aromatic rings. The molecule has 0 radical (unpaired) electrons. The van der Waals surface area contributed by atoms with Gasteiger partial charge in [0.05, 0.1) is 10.6 Å². The average Bonchev–Trinajstić information content (AvgIpc) is 2.81. The predicted octanol–water partition coefficient (Wildman–Crippen LogP) is 5.33. The van der Waals surface area contributed by atoms with Crippen molar-refractivity contribution in [3.63, 3.8) is 0 Å². The molecule has 192 valence electrons. The number of hydrogen-bond donors (Lipinski definition) is 0. The van der Waals surface area contributed by atoms with Crippen molar-refractivity contribution in [2.75, 3.05) is 45.8 Å². The summed E-state index contributed by atoms with van der Waals surface area (Å²) in [6.07, 6.45) is 4.47. The van der Waals surface area contributed by atoms with Crippen LogP contribution in [-0.2, 0) is 4.74 Å². The Kier molecular flexibility index (Phi) is 7.54. The van der Waals surface area contributed by atoms with Crippen LogP contribution < -0.4 is 0 Å². The molecule has 4 aliphatic rings. The van der Waals surface area contributed by atoms with E-state index < -0.39 is 5.60 Å². The molecule has 5 rings (SSSR count). The van der Waals surface area contributed by atoms with Gasteiger partial charge in [0.15, 0.2) is 0 Å². The summed E-state index contributed by atoms with van der Waals surface area (Å²) in [6.45, 7) is 15.3. The Labute approximate surface area is 215 Å². The number of hydrogen-bond acceptors (Lipinski definition) is 4. The first-order chi connectivity index (χ1) is 16.5. The number of fused-ring (bicyclic) bond motifs is 1. The van der Waals surface area contributed by atoms with Crippen molar-refractivity contribution in [3.8, 4) is 0 Å². The van der Waals surface area contributed by atoms with Gasteiger partial charge in [0.25, 0.3) is 5.91 Å². The van der Waals surface area contributed by atoms with E-state index in [4.69, 9.17) is 16.3 Å². The quantitative estimate of drug-likeness (QED) is 0.494. The van der Waals surface area contributed by atoms with Gasteiger partial charge in [-0.1, -0.05) is 49.2 Å². The molecule has 2 unspecified atom stereocenters. The van der Waals surface area contributed by atoms with E-state index in [1.54, 1.807) is 11.0 Å². The first kappa shape index (κ1) is 26.0. The fourth-order valence-electron chi connectivity index (χ4n) is 5.68. The smallest absolute Gasteiger partial charge is 0.410 e. The van der Waals surface area contributed by atoms with Gasteiger partial charge >= 0.3 is 6.09 Å². The van der Waals surface area contributed by atoms with E-state index in [0.717, 1.165) is 32.0 Å². The molecule has 7 heteroatoms. The Hall–Kier alpha value is -2.05. The number of halogens is 1. The van der Waals surface area contributed by atoms with E-state index >= 15 is 0 Å². The van der Waals surface area contributed by atoms with Gasteiger partial charge in [-0.25, -0.2) is 4.79 Å². The lowest BCUT2D eigenvalue weighted by atomic mass is 9.49. The minimum Gasteiger partial charge on any atom is -0.444 e. The fourth-order valence-corrected chi connectivity index (χ4v) is 5.89. The number of nitrogens with zero attached hydrogens (tertiary/aromatic N) is 3. The Morgan fingerprint density at radius 2 is 1.83 bits per heavy atom. The summed E-state index contributed by atoms with van der Waals surface area (Å²) in [5, 5.41) is 0.495. The van der Waals surface area contributed by atoms with Gasteiger partial charge in [-0.2, -0.15) is 0 Å². The molecule has 6 nitrogen and oxygen atoms in total. The number of amides is 2. The summed E-state index contributed by atoms with van der Waals surface area (Å²) in [5.41, 5.74) is 1.79. The van der Waals surface area contributed by atoms with Crippen molar-refractivity contribution < 1.29 is 14.3 Å². The molecule has 1 aromatic carbocycles. The monoisotopic (exact) mass is 501 g/mol. The topological polar surface area (TPSA) is 53.1 Å². The lowest BCUT2D eigenvalue weighted by Gasteiger charge is -2.57. The molecular formula is C28H40ClN3O3. The van der Waals surface area contributed by atoms with E-state index in [0.29, 0.717) is 48.1 Å². The van der Waals surface area contributed by atoms with Crippen LogP contribution in [0.15, 0.2) is 35.9 Å². The number of ether oxygens (including phenoxy) is 1. The number of piperazine rings is 1. The molecule has 1 aliphatic heterocycles. The number of rotatable bonds is 6. The minimum absolute atomic E-state index is 0.0110. The lowest BCUT2D eigenvalue weighted by Crippen LogP contribution is -2.52. The van der Waals surface area contributed by atoms with Gasteiger partial charge in [0.1, 0.15) is 5.60 Å². The summed E-state index contributed by atoms with van der Waals surface area (Å²) >= 11 is 6.41. The summed E-state index contributed by atoms with van der Waals surface area (Å²) in [5.74, 6) is 1.31. The van der Waals surface area contributed by atoms with Gasteiger partial charge in [-0.05, 0) is 63.0 Å². The number of carbonyl (C=O) groups is 2. The molecule has 0 aromatic heterocycles. The van der Waals surface area contributed by atoms with Crippen molar-refractivity contribution in [3.05, 3.63) is 46.5 Å². The standard InChI is InChI=1S/C28H40ClN3O3/c1-27(2,3)35-26(34)31-15-12-30(13-16-31)14-17-32(25(33)22-8-6-7-9-24(22)29)19-20-10-11-21-18-23(20)28(21,4)5/h6-10,21,23H,11-19H2,1-5H3. The Morgan fingerprint density at radius 1 is 1.14 bits per heavy atom. The van der Waals surface area contributed by atoms with E-state index in [1.165, 1.54) is 12.0 Å². The zero-order valence-electron chi connectivity index (χ0n) is 21.8. The first-order valence-corrected chi connectivity index (χ1v) is 13.3. The second-order valence-electron chi connectivity index (χ2n) is 11.8. The zero-order valence-corrected chi connectivity index (χ0v) is 22.6. The van der Waals surface area contributed by atoms with E-state index in [2.05, 4.69) is 24.8 Å². The largest absolute Gasteiger partial charge is 0.444 e. The third-order valence-corrected chi connectivity index (χ3v) is 8.39. The molecule has 2 amide bonds. The number of allylic oxidation sites excluding steroid dienone is 1. The zero-order chi connectivity index (χ0) is 25.4. The molecule has 2 fully saturated rings. The Bertz CT molecular complexity index is 976. The van der Waals surface area contributed by atoms with Gasteiger partial charge in [-0.3, -0.25) is 9.69 Å². The second-order valence-corrected chi connectivity index (χ2v) is 12.2. The highest BCUT2D eigenvalue weighted by Gasteiger charge is 2.51. The predicted molar refractivity (Wildman–Crippen MR) is 140 cm³/mol. The minimum atomic E-state index is -0.489. The summed E-state index contributed by atoms with van der Waals surface area (Å²) in [4.78, 5) is 32.1. The third-order valence-electron chi connectivity index (χ3n) is 8.06. The molecular weight excluding hydrogens is 462 g/mol. The molecule has 1 heterocycles. The summed E-state index contributed by atoms with van der Waals surface area (Å²) in [6, 6.07) is 7.32. The molecule has 0 N–H and O–H groups in total. The van der Waals surface area contributed by atoms with Crippen LogP contribution >= 0.6 is 11.6 Å². The molecule has 1 saturated carbocycles. The number of benzene rings is 1. The highest BCUT2D eigenvalue weighted by molar-refractivity contribution is 6.33. The van der Waals surface area contributed by atoms with Crippen molar-refractivity contribution in [1.29, 1.82) is 0 Å². The van der Waals surface area contributed by atoms with Crippen LogP contribution in [0, 0.1) is 17.3 Å². The van der Waals surface area contributed by atoms with Gasteiger partial charge < -0.3 is 14.5 Å². The third kappa shape index (κ3) is 5.86. The molecule has 2 bridgehead atoms. The van der Waals surface area contributed by atoms with Gasteiger partial charge in [0.2, 0.25) is 0 Å². The average molecular weight is 502 g/mol. The van der Waals surface area contributed by atoms with Gasteiger partial charge in [-0.15, -0.1) is 0 Å². The van der Waals surface area contributed by atoms with Crippen molar-refractivity contribution in [2.24, 2.45) is 17.3 Å². The van der Waals surface area contributed by atoms with Gasteiger partial charge in [0, 0.05) is 45.8 Å². The molecule has 2 atom stereocenters. The molecule has 35 heavy (non-hydrogen) atoms. The maximum Gasteiger partial charge on any atom is 0.410 e. The van der Waals surface area contributed by atoms with E-state index in [1.807, 2.05) is 43.9 Å². The van der Waals surface area contributed by atoms with Crippen LogP contribution in [0.2, 0.25) is 5.02 Å². The summed E-state index contributed by atoms with van der Waals surface area (Å²) in [7, 11) is 0. The van der Waals surface area contributed by atoms with E-state index in [9.17, 15) is 9.59 Å². The Morgan fingerprint density at radius 3 is 2.43 bits per heavy atom. The highest BCUT2D eigenvalue weighted by Crippen LogP contribution is 2.59. The Balaban J connectivity index is 1.39. The van der Waals surface area contributed by atoms with E-state index in [-0.39, 0.29) is 12.0 Å². The van der Waals surface area contributed by atoms with Crippen LogP contribution in [0.25, 0.3) is 0 Å². The highest BCUT2D eigenvalue weighted by atomic mass is 35.5. The van der Waals surface area contributed by atoms with Crippen LogP contribution in [0.4, 0.5) is 4.79 Å². The fraction of sp³-hybridized carbons (Fsp3) is 0.643. The van der Waals surface area contributed by atoms with Crippen LogP contribution in [0.1, 0.15) is 57.8 Å². The maximum atomic E-state index is 13.6. The second kappa shape index (κ2) is 10.1. The van der Waals surface area contributed by atoms with Crippen molar-refractivity contribution in [1.82, 2.24) is 14.7 Å². The number of carbonyl (C=O) groups excluding carboxylic acids is 2. The molecule has 3 aliphatic carbocycles.